The van der Waals surface area contributed by atoms with E-state index in [1.165, 1.54) is 26.9 Å². The number of hydrogen-bond donors (Lipinski definition) is 0. The van der Waals surface area contributed by atoms with Crippen LogP contribution in [0, 0.1) is 35.5 Å². The van der Waals surface area contributed by atoms with Gasteiger partial charge in [-0.05, 0) is 110 Å². The third-order valence-electron chi connectivity index (χ3n) is 11.2. The van der Waals surface area contributed by atoms with Gasteiger partial charge in [0.15, 0.2) is 0 Å². The monoisotopic (exact) mass is 591 g/mol. The first-order valence-electron chi connectivity index (χ1n) is 15.7. The van der Waals surface area contributed by atoms with Crippen molar-refractivity contribution in [3.05, 3.63) is 70.8 Å². The molecule has 224 valence electrons. The lowest BCUT2D eigenvalue weighted by Crippen LogP contribution is -2.38. The van der Waals surface area contributed by atoms with Crippen LogP contribution in [-0.2, 0) is 9.59 Å². The molecule has 3 heterocycles. The first-order chi connectivity index (χ1) is 21.1. The maximum atomic E-state index is 13.6. The quantitative estimate of drug-likeness (QED) is 0.466. The van der Waals surface area contributed by atoms with Gasteiger partial charge in [-0.2, -0.15) is 0 Å². The number of benzene rings is 2. The van der Waals surface area contributed by atoms with E-state index in [4.69, 9.17) is 0 Å². The van der Waals surface area contributed by atoms with E-state index in [0.29, 0.717) is 76.1 Å². The van der Waals surface area contributed by atoms with Gasteiger partial charge in [-0.15, -0.1) is 0 Å². The third kappa shape index (κ3) is 3.84. The highest BCUT2D eigenvalue weighted by atomic mass is 16.2. The number of rotatable bonds is 6. The largest absolute Gasteiger partial charge is 0.275 e. The maximum absolute atomic E-state index is 13.6. The zero-order valence-electron chi connectivity index (χ0n) is 24.7. The van der Waals surface area contributed by atoms with E-state index >= 15 is 0 Å². The summed E-state index contributed by atoms with van der Waals surface area (Å²) in [4.78, 5) is 81.0. The molecular weight excluding hydrogens is 558 g/mol. The lowest BCUT2D eigenvalue weighted by Gasteiger charge is -2.33. The molecule has 0 saturated heterocycles. The molecule has 9 nitrogen and oxygen atoms in total. The van der Waals surface area contributed by atoms with Crippen LogP contribution in [0.2, 0.25) is 0 Å². The molecule has 2 bridgehead atoms. The molecular formula is C35H33N3O6. The molecule has 0 N–H and O–H groups in total. The Hall–Kier alpha value is -4.40. The van der Waals surface area contributed by atoms with Crippen molar-refractivity contribution in [3.63, 3.8) is 0 Å². The van der Waals surface area contributed by atoms with Gasteiger partial charge in [0.05, 0.1) is 22.3 Å². The number of imide groups is 3. The van der Waals surface area contributed by atoms with Crippen molar-refractivity contribution in [3.8, 4) is 11.1 Å². The van der Waals surface area contributed by atoms with Gasteiger partial charge in [-0.25, -0.2) is 0 Å². The molecule has 8 rings (SSSR count). The zero-order valence-corrected chi connectivity index (χ0v) is 24.7. The van der Waals surface area contributed by atoms with E-state index in [-0.39, 0.29) is 47.4 Å². The summed E-state index contributed by atoms with van der Waals surface area (Å²) in [7, 11) is 0. The molecule has 2 aromatic carbocycles. The number of carbonyl (C=O) groups is 6. The lowest BCUT2D eigenvalue weighted by molar-refractivity contribution is -0.137. The van der Waals surface area contributed by atoms with Crippen LogP contribution in [0.25, 0.3) is 11.1 Å². The van der Waals surface area contributed by atoms with E-state index in [2.05, 4.69) is 0 Å². The van der Waals surface area contributed by atoms with Crippen LogP contribution in [0.3, 0.4) is 0 Å². The average molecular weight is 592 g/mol. The normalized spacial score (nSPS) is 30.1. The third-order valence-corrected chi connectivity index (χ3v) is 11.2. The molecule has 0 spiro atoms. The van der Waals surface area contributed by atoms with Gasteiger partial charge in [0.25, 0.3) is 35.4 Å². The van der Waals surface area contributed by atoms with Crippen molar-refractivity contribution in [2.75, 3.05) is 13.1 Å². The minimum Gasteiger partial charge on any atom is -0.275 e. The minimum absolute atomic E-state index is 0.223. The molecule has 0 aromatic heterocycles. The fraction of sp³-hybridized carbons (Fsp3) is 0.429. The predicted octanol–water partition coefficient (Wildman–Crippen LogP) is 4.18. The summed E-state index contributed by atoms with van der Waals surface area (Å²) in [6, 6.07) is 10.1. The molecule has 3 aliphatic carbocycles. The molecule has 2 aromatic rings. The molecule has 44 heavy (non-hydrogen) atoms. The van der Waals surface area contributed by atoms with Crippen LogP contribution in [-0.4, -0.2) is 69.3 Å². The Morgan fingerprint density at radius 3 is 1.84 bits per heavy atom. The van der Waals surface area contributed by atoms with Gasteiger partial charge in [0.1, 0.15) is 0 Å². The molecule has 6 unspecified atom stereocenters. The van der Waals surface area contributed by atoms with Crippen molar-refractivity contribution >= 4 is 35.4 Å². The molecule has 3 saturated carbocycles. The van der Waals surface area contributed by atoms with Crippen molar-refractivity contribution in [2.45, 2.75) is 45.6 Å². The van der Waals surface area contributed by atoms with Crippen LogP contribution >= 0.6 is 0 Å². The Balaban J connectivity index is 0.973. The Bertz CT molecular complexity index is 1720. The van der Waals surface area contributed by atoms with Gasteiger partial charge < -0.3 is 0 Å². The van der Waals surface area contributed by atoms with Gasteiger partial charge in [0, 0.05) is 31.3 Å². The summed E-state index contributed by atoms with van der Waals surface area (Å²) in [5.74, 6) is 1.04. The number of hydrogen-bond acceptors (Lipinski definition) is 6. The second-order valence-corrected chi connectivity index (χ2v) is 13.8. The predicted molar refractivity (Wildman–Crippen MR) is 158 cm³/mol. The van der Waals surface area contributed by atoms with E-state index in [0.717, 1.165) is 25.7 Å². The fourth-order valence-corrected chi connectivity index (χ4v) is 9.33. The zero-order chi connectivity index (χ0) is 30.6. The van der Waals surface area contributed by atoms with E-state index in [1.54, 1.807) is 50.2 Å². The Morgan fingerprint density at radius 1 is 0.614 bits per heavy atom. The highest BCUT2D eigenvalue weighted by molar-refractivity contribution is 6.23. The van der Waals surface area contributed by atoms with Crippen molar-refractivity contribution in [1.29, 1.82) is 0 Å². The summed E-state index contributed by atoms with van der Waals surface area (Å²) in [6.45, 7) is 4.49. The SMILES string of the molecule is CC(C)N1C(=O)c2ccc(-c3ccc4c(c3)C(=O)N(CC3CC5CC3C3CC(CN6C(=O)C=CC6=O)CC53)C4=O)cc2C1=O. The Kier molecular flexibility index (Phi) is 5.90. The topological polar surface area (TPSA) is 112 Å². The minimum atomic E-state index is -0.322. The smallest absolute Gasteiger partial charge is 0.261 e. The van der Waals surface area contributed by atoms with Crippen LogP contribution in [0.5, 0.6) is 0 Å². The van der Waals surface area contributed by atoms with Crippen LogP contribution in [0.1, 0.15) is 81.0 Å². The number of fused-ring (bicyclic) bond motifs is 7. The number of nitrogens with zero attached hydrogens (tertiary/aromatic N) is 3. The highest BCUT2D eigenvalue weighted by Gasteiger charge is 2.57. The Labute approximate surface area is 254 Å². The lowest BCUT2D eigenvalue weighted by atomic mass is 9.75. The highest BCUT2D eigenvalue weighted by Crippen LogP contribution is 2.62. The van der Waals surface area contributed by atoms with E-state index in [1.807, 2.05) is 0 Å². The molecule has 6 aliphatic rings. The van der Waals surface area contributed by atoms with Gasteiger partial charge in [-0.3, -0.25) is 43.5 Å². The summed E-state index contributed by atoms with van der Waals surface area (Å²) in [6.07, 6.45) is 6.82. The maximum Gasteiger partial charge on any atom is 0.261 e. The second-order valence-electron chi connectivity index (χ2n) is 13.8. The molecule has 3 fully saturated rings. The van der Waals surface area contributed by atoms with Crippen LogP contribution in [0.15, 0.2) is 48.6 Å². The van der Waals surface area contributed by atoms with Gasteiger partial charge >= 0.3 is 0 Å². The van der Waals surface area contributed by atoms with Crippen LogP contribution in [0.4, 0.5) is 0 Å². The van der Waals surface area contributed by atoms with E-state index < -0.39 is 0 Å². The van der Waals surface area contributed by atoms with Gasteiger partial charge in [0.2, 0.25) is 0 Å². The second kappa shape index (κ2) is 9.55. The first-order valence-corrected chi connectivity index (χ1v) is 15.7. The number of amides is 6. The van der Waals surface area contributed by atoms with E-state index in [9.17, 15) is 28.8 Å². The van der Waals surface area contributed by atoms with Crippen molar-refractivity contribution < 1.29 is 28.8 Å². The Morgan fingerprint density at radius 2 is 1.18 bits per heavy atom. The molecule has 6 amide bonds. The fourth-order valence-electron chi connectivity index (χ4n) is 9.33. The molecule has 3 aliphatic heterocycles. The molecule has 9 heteroatoms. The summed E-state index contributed by atoms with van der Waals surface area (Å²) < 4.78 is 0. The summed E-state index contributed by atoms with van der Waals surface area (Å²) in [5, 5.41) is 0. The summed E-state index contributed by atoms with van der Waals surface area (Å²) >= 11 is 0. The average Bonchev–Trinajstić information content (AvgIpc) is 3.83. The van der Waals surface area contributed by atoms with Crippen molar-refractivity contribution in [2.24, 2.45) is 35.5 Å². The molecule has 6 atom stereocenters. The number of carbonyl (C=O) groups excluding carboxylic acids is 6. The first kappa shape index (κ1) is 27.2. The van der Waals surface area contributed by atoms with Crippen LogP contribution < -0.4 is 0 Å². The van der Waals surface area contributed by atoms with Gasteiger partial charge in [-0.1, -0.05) is 12.1 Å². The standard InChI is InChI=1S/C35H33N3O6/c1-17(2)38-34(43)24-6-4-20(13-29(24)35(38)44)19-3-5-23-28(12-19)33(42)37(32(23)41)16-22-11-21-14-26(22)27-10-18(9-25(21)27)15-36-30(39)7-8-31(36)40/h3-8,12-13,17-18,21-22,25-27H,9-11,14-16H2,1-2H3. The summed E-state index contributed by atoms with van der Waals surface area (Å²) in [5.41, 5.74) is 2.91. The molecule has 0 radical (unpaired) electrons. The van der Waals surface area contributed by atoms with Crippen molar-refractivity contribution in [1.82, 2.24) is 14.7 Å².